The number of para-hydroxylation sites is 2. The highest BCUT2D eigenvalue weighted by Gasteiger charge is 2.06. The standard InChI is InChI=1S/C13H11N5O/c1-2-7-13(12(6-1)18-10-15-16-17-18)19-9-11-5-3-4-8-14-11/h1-8,10H,9H2. The first-order valence-electron chi connectivity index (χ1n) is 5.78. The Morgan fingerprint density at radius 2 is 1.95 bits per heavy atom. The van der Waals surface area contributed by atoms with Crippen molar-refractivity contribution in [2.45, 2.75) is 6.61 Å². The van der Waals surface area contributed by atoms with Gasteiger partial charge in [0.1, 0.15) is 24.4 Å². The Balaban J connectivity index is 1.82. The van der Waals surface area contributed by atoms with Crippen molar-refractivity contribution in [3.63, 3.8) is 0 Å². The van der Waals surface area contributed by atoms with Crippen molar-refractivity contribution in [1.82, 2.24) is 25.2 Å². The van der Waals surface area contributed by atoms with E-state index in [0.717, 1.165) is 11.4 Å². The Bertz CT molecular complexity index is 639. The normalized spacial score (nSPS) is 10.3. The second kappa shape index (κ2) is 5.26. The van der Waals surface area contributed by atoms with E-state index < -0.39 is 0 Å². The predicted octanol–water partition coefficient (Wildman–Crippen LogP) is 1.64. The number of rotatable bonds is 4. The highest BCUT2D eigenvalue weighted by molar-refractivity contribution is 5.45. The Hall–Kier alpha value is -2.76. The summed E-state index contributed by atoms with van der Waals surface area (Å²) in [5.41, 5.74) is 1.66. The molecule has 0 bridgehead atoms. The maximum atomic E-state index is 5.77. The molecule has 0 radical (unpaired) electrons. The molecular formula is C13H11N5O. The third kappa shape index (κ3) is 2.57. The lowest BCUT2D eigenvalue weighted by Gasteiger charge is -2.09. The van der Waals surface area contributed by atoms with Crippen molar-refractivity contribution in [3.05, 3.63) is 60.7 Å². The minimum absolute atomic E-state index is 0.403. The topological polar surface area (TPSA) is 65.7 Å². The van der Waals surface area contributed by atoms with Crippen LogP contribution in [-0.4, -0.2) is 25.2 Å². The summed E-state index contributed by atoms with van der Waals surface area (Å²) in [6, 6.07) is 13.3. The average Bonchev–Trinajstić information content (AvgIpc) is 3.01. The summed E-state index contributed by atoms with van der Waals surface area (Å²) in [5.74, 6) is 0.709. The Morgan fingerprint density at radius 1 is 1.05 bits per heavy atom. The summed E-state index contributed by atoms with van der Waals surface area (Å²) >= 11 is 0. The second-order valence-corrected chi connectivity index (χ2v) is 3.83. The van der Waals surface area contributed by atoms with Gasteiger partial charge in [0.05, 0.1) is 5.69 Å². The summed E-state index contributed by atoms with van der Waals surface area (Å²) < 4.78 is 7.33. The van der Waals surface area contributed by atoms with Gasteiger partial charge in [-0.15, -0.1) is 5.10 Å². The van der Waals surface area contributed by atoms with Gasteiger partial charge in [-0.2, -0.15) is 4.68 Å². The van der Waals surface area contributed by atoms with Crippen molar-refractivity contribution >= 4 is 0 Å². The summed E-state index contributed by atoms with van der Waals surface area (Å²) in [6.45, 7) is 0.403. The molecule has 0 aliphatic heterocycles. The van der Waals surface area contributed by atoms with E-state index in [-0.39, 0.29) is 0 Å². The van der Waals surface area contributed by atoms with Gasteiger partial charge in [0, 0.05) is 6.20 Å². The van der Waals surface area contributed by atoms with Crippen LogP contribution >= 0.6 is 0 Å². The number of pyridine rings is 1. The molecule has 0 saturated heterocycles. The molecule has 6 nitrogen and oxygen atoms in total. The first-order valence-corrected chi connectivity index (χ1v) is 5.78. The van der Waals surface area contributed by atoms with Crippen LogP contribution in [0.4, 0.5) is 0 Å². The molecule has 0 N–H and O–H groups in total. The van der Waals surface area contributed by atoms with Gasteiger partial charge < -0.3 is 4.74 Å². The molecule has 0 saturated carbocycles. The number of tetrazole rings is 1. The van der Waals surface area contributed by atoms with Crippen LogP contribution in [0.1, 0.15) is 5.69 Å². The fraction of sp³-hybridized carbons (Fsp3) is 0.0769. The quantitative estimate of drug-likeness (QED) is 0.707. The van der Waals surface area contributed by atoms with Gasteiger partial charge in [0.25, 0.3) is 0 Å². The largest absolute Gasteiger partial charge is 0.485 e. The Labute approximate surface area is 109 Å². The third-order valence-electron chi connectivity index (χ3n) is 2.56. The van der Waals surface area contributed by atoms with Crippen LogP contribution in [0.3, 0.4) is 0 Å². The predicted molar refractivity (Wildman–Crippen MR) is 67.7 cm³/mol. The summed E-state index contributed by atoms with van der Waals surface area (Å²) in [5, 5.41) is 11.1. The molecule has 0 aliphatic carbocycles. The molecule has 94 valence electrons. The molecule has 0 spiro atoms. The van der Waals surface area contributed by atoms with Gasteiger partial charge in [-0.25, -0.2) is 0 Å². The molecule has 6 heteroatoms. The van der Waals surface area contributed by atoms with Crippen LogP contribution in [0.5, 0.6) is 5.75 Å². The molecule has 0 unspecified atom stereocenters. The number of hydrogen-bond donors (Lipinski definition) is 0. The lowest BCUT2D eigenvalue weighted by Crippen LogP contribution is -2.02. The maximum absolute atomic E-state index is 5.77. The lowest BCUT2D eigenvalue weighted by molar-refractivity contribution is 0.300. The zero-order valence-electron chi connectivity index (χ0n) is 10.0. The van der Waals surface area contributed by atoms with E-state index in [1.54, 1.807) is 10.9 Å². The summed E-state index contributed by atoms with van der Waals surface area (Å²) in [7, 11) is 0. The van der Waals surface area contributed by atoms with Crippen molar-refractivity contribution in [2.75, 3.05) is 0 Å². The van der Waals surface area contributed by atoms with E-state index in [4.69, 9.17) is 4.74 Å². The smallest absolute Gasteiger partial charge is 0.145 e. The van der Waals surface area contributed by atoms with E-state index in [2.05, 4.69) is 20.5 Å². The van der Waals surface area contributed by atoms with E-state index >= 15 is 0 Å². The van der Waals surface area contributed by atoms with Crippen molar-refractivity contribution in [2.24, 2.45) is 0 Å². The van der Waals surface area contributed by atoms with Gasteiger partial charge in [-0.05, 0) is 34.7 Å². The maximum Gasteiger partial charge on any atom is 0.145 e. The molecule has 2 aromatic heterocycles. The van der Waals surface area contributed by atoms with Gasteiger partial charge in [-0.3, -0.25) is 4.98 Å². The van der Waals surface area contributed by atoms with Gasteiger partial charge >= 0.3 is 0 Å². The van der Waals surface area contributed by atoms with E-state index in [9.17, 15) is 0 Å². The fourth-order valence-electron chi connectivity index (χ4n) is 1.68. The van der Waals surface area contributed by atoms with Crippen LogP contribution in [-0.2, 0) is 6.61 Å². The van der Waals surface area contributed by atoms with Gasteiger partial charge in [-0.1, -0.05) is 18.2 Å². The third-order valence-corrected chi connectivity index (χ3v) is 2.56. The Morgan fingerprint density at radius 3 is 2.74 bits per heavy atom. The van der Waals surface area contributed by atoms with Crippen molar-refractivity contribution < 1.29 is 4.74 Å². The minimum Gasteiger partial charge on any atom is -0.485 e. The van der Waals surface area contributed by atoms with E-state index in [1.807, 2.05) is 42.5 Å². The molecule has 1 aromatic carbocycles. The van der Waals surface area contributed by atoms with Crippen molar-refractivity contribution in [3.8, 4) is 11.4 Å². The van der Waals surface area contributed by atoms with Crippen LogP contribution in [0.25, 0.3) is 5.69 Å². The van der Waals surface area contributed by atoms with Gasteiger partial charge in [0.2, 0.25) is 0 Å². The molecule has 0 atom stereocenters. The first-order chi connectivity index (χ1) is 9.43. The minimum atomic E-state index is 0.403. The van der Waals surface area contributed by atoms with Crippen LogP contribution in [0.15, 0.2) is 55.0 Å². The average molecular weight is 253 g/mol. The molecule has 0 aliphatic rings. The SMILES string of the molecule is c1ccc(COc2ccccc2-n2cnnn2)nc1. The fourth-order valence-corrected chi connectivity index (χ4v) is 1.68. The number of nitrogens with zero attached hydrogens (tertiary/aromatic N) is 5. The molecule has 0 amide bonds. The first kappa shape index (κ1) is 11.3. The number of hydrogen-bond acceptors (Lipinski definition) is 5. The zero-order chi connectivity index (χ0) is 12.9. The zero-order valence-corrected chi connectivity index (χ0v) is 10.0. The van der Waals surface area contributed by atoms with Crippen molar-refractivity contribution in [1.29, 1.82) is 0 Å². The van der Waals surface area contributed by atoms with Gasteiger partial charge in [0.15, 0.2) is 0 Å². The highest BCUT2D eigenvalue weighted by atomic mass is 16.5. The molecule has 19 heavy (non-hydrogen) atoms. The lowest BCUT2D eigenvalue weighted by atomic mass is 10.3. The number of ether oxygens (including phenoxy) is 1. The Kier molecular flexibility index (Phi) is 3.14. The van der Waals surface area contributed by atoms with Crippen LogP contribution in [0.2, 0.25) is 0 Å². The number of aromatic nitrogens is 5. The van der Waals surface area contributed by atoms with E-state index in [0.29, 0.717) is 12.4 Å². The summed E-state index contributed by atoms with van der Waals surface area (Å²) in [4.78, 5) is 4.21. The summed E-state index contributed by atoms with van der Waals surface area (Å²) in [6.07, 6.45) is 3.27. The molecular weight excluding hydrogens is 242 g/mol. The van der Waals surface area contributed by atoms with E-state index in [1.165, 1.54) is 6.33 Å². The molecule has 2 heterocycles. The molecule has 3 rings (SSSR count). The molecule has 3 aromatic rings. The number of benzene rings is 1. The van der Waals surface area contributed by atoms with Crippen LogP contribution < -0.4 is 4.74 Å². The van der Waals surface area contributed by atoms with Crippen LogP contribution in [0, 0.1) is 0 Å². The molecule has 0 fully saturated rings. The highest BCUT2D eigenvalue weighted by Crippen LogP contribution is 2.21. The second-order valence-electron chi connectivity index (χ2n) is 3.83. The monoisotopic (exact) mass is 253 g/mol.